The largest absolute Gasteiger partial charge is 1.00 e. The third-order valence-electron chi connectivity index (χ3n) is 8.01. The molecule has 3 heteroatoms. The zero-order valence-electron chi connectivity index (χ0n) is 19.5. The Kier molecular flexibility index (Phi) is 5.35. The second-order valence-electron chi connectivity index (χ2n) is 9.66. The van der Waals surface area contributed by atoms with Crippen LogP contribution in [0.15, 0.2) is 128 Å². The highest BCUT2D eigenvalue weighted by atomic mass is 35.5. The zero-order valence-corrected chi connectivity index (χ0v) is 20.2. The van der Waals surface area contributed by atoms with Crippen molar-refractivity contribution >= 4 is 0 Å². The van der Waals surface area contributed by atoms with Crippen LogP contribution in [0.1, 0.15) is 52.0 Å². The number of hydrogen-bond donors (Lipinski definition) is 0. The first-order chi connectivity index (χ1) is 16.9. The molecular weight excluding hydrogens is 448 g/mol. The summed E-state index contributed by atoms with van der Waals surface area (Å²) < 4.78 is 5.04. The van der Waals surface area contributed by atoms with Crippen molar-refractivity contribution in [2.24, 2.45) is 0 Å². The number of halogens is 1. The van der Waals surface area contributed by atoms with Gasteiger partial charge in [-0.1, -0.05) is 115 Å². The molecule has 0 spiro atoms. The minimum atomic E-state index is -0.117. The molecule has 0 saturated carbocycles. The molecule has 1 aromatic heterocycles. The van der Waals surface area contributed by atoms with E-state index in [1.165, 1.54) is 33.6 Å². The SMILES string of the molecule is [Cl-].c1ccc(C[n+]2ccn3c2C2c4ccccc4C3CC2(c2ccccc2)c2ccccc2)cc1. The molecule has 1 aliphatic carbocycles. The van der Waals surface area contributed by atoms with Crippen molar-refractivity contribution in [3.8, 4) is 0 Å². The third kappa shape index (κ3) is 3.20. The summed E-state index contributed by atoms with van der Waals surface area (Å²) in [5.41, 5.74) is 6.98. The fourth-order valence-corrected chi connectivity index (χ4v) is 6.64. The van der Waals surface area contributed by atoms with Crippen molar-refractivity contribution in [1.29, 1.82) is 0 Å². The van der Waals surface area contributed by atoms with Crippen molar-refractivity contribution in [1.82, 2.24) is 4.57 Å². The predicted molar refractivity (Wildman–Crippen MR) is 135 cm³/mol. The molecule has 2 nitrogen and oxygen atoms in total. The maximum Gasteiger partial charge on any atom is 0.266 e. The summed E-state index contributed by atoms with van der Waals surface area (Å²) in [6.07, 6.45) is 5.67. The Morgan fingerprint density at radius 1 is 0.686 bits per heavy atom. The first-order valence-electron chi connectivity index (χ1n) is 12.2. The first kappa shape index (κ1) is 21.9. The minimum Gasteiger partial charge on any atom is -1.00 e. The molecule has 3 aliphatic rings. The number of imidazole rings is 1. The number of benzene rings is 4. The van der Waals surface area contributed by atoms with E-state index in [9.17, 15) is 0 Å². The Labute approximate surface area is 212 Å². The van der Waals surface area contributed by atoms with Gasteiger partial charge >= 0.3 is 0 Å². The molecule has 0 fully saturated rings. The van der Waals surface area contributed by atoms with E-state index in [2.05, 4.69) is 137 Å². The third-order valence-corrected chi connectivity index (χ3v) is 8.01. The lowest BCUT2D eigenvalue weighted by molar-refractivity contribution is -0.697. The smallest absolute Gasteiger partial charge is 0.266 e. The van der Waals surface area contributed by atoms with Crippen LogP contribution < -0.4 is 17.0 Å². The summed E-state index contributed by atoms with van der Waals surface area (Å²) in [5.74, 6) is 1.64. The van der Waals surface area contributed by atoms with Gasteiger partial charge in [0.2, 0.25) is 0 Å². The van der Waals surface area contributed by atoms with Crippen LogP contribution >= 0.6 is 0 Å². The van der Waals surface area contributed by atoms with Gasteiger partial charge in [0.05, 0.1) is 5.92 Å². The van der Waals surface area contributed by atoms with Gasteiger partial charge in [-0.2, -0.15) is 0 Å². The predicted octanol–water partition coefficient (Wildman–Crippen LogP) is 3.25. The lowest BCUT2D eigenvalue weighted by Crippen LogP contribution is -3.00. The topological polar surface area (TPSA) is 8.81 Å². The average Bonchev–Trinajstić information content (AvgIpc) is 3.34. The molecule has 0 amide bonds. The zero-order chi connectivity index (χ0) is 22.5. The van der Waals surface area contributed by atoms with Crippen LogP contribution in [0, 0.1) is 0 Å². The van der Waals surface area contributed by atoms with Gasteiger partial charge in [0.15, 0.2) is 0 Å². The second kappa shape index (κ2) is 8.55. The van der Waals surface area contributed by atoms with E-state index in [1.54, 1.807) is 0 Å². The van der Waals surface area contributed by atoms with Crippen LogP contribution in [0.25, 0.3) is 0 Å². The van der Waals surface area contributed by atoms with Gasteiger partial charge < -0.3 is 12.4 Å². The molecule has 5 aromatic rings. The van der Waals surface area contributed by atoms with E-state index in [0.29, 0.717) is 6.04 Å². The van der Waals surface area contributed by atoms with E-state index in [-0.39, 0.29) is 23.7 Å². The maximum absolute atomic E-state index is 2.56. The van der Waals surface area contributed by atoms with Crippen LogP contribution in [-0.2, 0) is 12.0 Å². The quantitative estimate of drug-likeness (QED) is 0.354. The Morgan fingerprint density at radius 3 is 1.86 bits per heavy atom. The van der Waals surface area contributed by atoms with Gasteiger partial charge in [-0.3, -0.25) is 0 Å². The van der Waals surface area contributed by atoms with Crippen molar-refractivity contribution < 1.29 is 17.0 Å². The van der Waals surface area contributed by atoms with E-state index < -0.39 is 0 Å². The number of hydrogen-bond acceptors (Lipinski definition) is 0. The summed E-state index contributed by atoms with van der Waals surface area (Å²) >= 11 is 0. The lowest BCUT2D eigenvalue weighted by Gasteiger charge is -2.50. The van der Waals surface area contributed by atoms with Crippen LogP contribution in [0.3, 0.4) is 0 Å². The Bertz CT molecular complexity index is 1420. The first-order valence-corrected chi connectivity index (χ1v) is 12.2. The molecule has 2 atom stereocenters. The maximum atomic E-state index is 2.56. The van der Waals surface area contributed by atoms with Crippen molar-refractivity contribution in [3.63, 3.8) is 0 Å². The summed E-state index contributed by atoms with van der Waals surface area (Å²) in [4.78, 5) is 0. The fourth-order valence-electron chi connectivity index (χ4n) is 6.64. The Hall–Kier alpha value is -3.62. The van der Waals surface area contributed by atoms with Crippen LogP contribution in [-0.4, -0.2) is 4.57 Å². The molecule has 2 bridgehead atoms. The second-order valence-corrected chi connectivity index (χ2v) is 9.66. The molecule has 4 aromatic carbocycles. The van der Waals surface area contributed by atoms with Gasteiger partial charge in [0, 0.05) is 17.4 Å². The van der Waals surface area contributed by atoms with Crippen LogP contribution in [0.2, 0.25) is 0 Å². The lowest BCUT2D eigenvalue weighted by atomic mass is 9.54. The average molecular weight is 475 g/mol. The molecule has 35 heavy (non-hydrogen) atoms. The van der Waals surface area contributed by atoms with E-state index in [0.717, 1.165) is 13.0 Å². The molecule has 0 N–H and O–H groups in total. The van der Waals surface area contributed by atoms with Crippen LogP contribution in [0.5, 0.6) is 0 Å². The molecule has 172 valence electrons. The number of fused-ring (bicyclic) bond motifs is 1. The monoisotopic (exact) mass is 474 g/mol. The van der Waals surface area contributed by atoms with E-state index in [1.807, 2.05) is 0 Å². The number of nitrogens with zero attached hydrogens (tertiary/aromatic N) is 2. The Morgan fingerprint density at radius 2 is 1.23 bits per heavy atom. The van der Waals surface area contributed by atoms with Gasteiger partial charge in [0.25, 0.3) is 5.82 Å². The molecule has 0 saturated heterocycles. The molecule has 2 unspecified atom stereocenters. The summed E-state index contributed by atoms with van der Waals surface area (Å²) in [7, 11) is 0. The van der Waals surface area contributed by atoms with Gasteiger partial charge in [-0.15, -0.1) is 0 Å². The van der Waals surface area contributed by atoms with Crippen molar-refractivity contribution in [2.75, 3.05) is 0 Å². The standard InChI is InChI=1S/C32H27N2.ClH/c1-4-12-24(13-5-1)23-33-20-21-34-29-22-32(25-14-6-2-7-15-25,26-16-8-3-9-17-26)30(31(33)34)28-19-11-10-18-27(28)29;/h1-21,29-30H,22-23H2;1H/q+1;/p-1. The number of aromatic nitrogens is 2. The minimum absolute atomic E-state index is 0. The highest BCUT2D eigenvalue weighted by molar-refractivity contribution is 5.55. The van der Waals surface area contributed by atoms with Gasteiger partial charge in [0.1, 0.15) is 25.0 Å². The molecule has 0 radical (unpaired) electrons. The molecule has 8 rings (SSSR count). The molecular formula is C32H27ClN2. The van der Waals surface area contributed by atoms with Crippen molar-refractivity contribution in [2.45, 2.75) is 30.3 Å². The van der Waals surface area contributed by atoms with Crippen molar-refractivity contribution in [3.05, 3.63) is 161 Å². The highest BCUT2D eigenvalue weighted by Gasteiger charge is 2.59. The Balaban J connectivity index is 0.00000229. The molecule has 2 aliphatic heterocycles. The van der Waals surface area contributed by atoms with E-state index in [4.69, 9.17) is 0 Å². The van der Waals surface area contributed by atoms with Crippen LogP contribution in [0.4, 0.5) is 0 Å². The van der Waals surface area contributed by atoms with Gasteiger partial charge in [-0.05, 0) is 22.3 Å². The summed E-state index contributed by atoms with van der Waals surface area (Å²) in [6.45, 7) is 0.883. The normalized spacial score (nSPS) is 18.9. The number of rotatable bonds is 4. The highest BCUT2D eigenvalue weighted by Crippen LogP contribution is 2.61. The van der Waals surface area contributed by atoms with Gasteiger partial charge in [-0.25, -0.2) is 9.13 Å². The molecule has 3 heterocycles. The van der Waals surface area contributed by atoms with E-state index >= 15 is 0 Å². The fraction of sp³-hybridized carbons (Fsp3) is 0.156. The summed E-state index contributed by atoms with van der Waals surface area (Å²) in [6, 6.07) is 42.7. The summed E-state index contributed by atoms with van der Waals surface area (Å²) in [5, 5.41) is 0.